The molecule has 0 amide bonds. The van der Waals surface area contributed by atoms with E-state index in [1.165, 1.54) is 218 Å². The van der Waals surface area contributed by atoms with E-state index in [2.05, 4.69) is 57.2 Å². The second-order valence-corrected chi connectivity index (χ2v) is 20.2. The predicted octanol–water partition coefficient (Wildman–Crippen LogP) is 20.0. The number of rotatable bonds is 55. The quantitative estimate of drug-likeness (QED) is 0.0262. The van der Waals surface area contributed by atoms with E-state index in [-0.39, 0.29) is 31.1 Å². The molecule has 0 spiro atoms. The van der Waals surface area contributed by atoms with Crippen molar-refractivity contribution in [1.29, 1.82) is 0 Å². The zero-order valence-electron chi connectivity index (χ0n) is 45.6. The SMILES string of the molecule is CCCCCCC/C=C\CCCCCCCC(=O)OCC(COC(=O)CCCCCCCCCCC/C=C\CCCCCCCC)OC(=O)CCCCCCCCC/C=C\CCCCCCCC. The number of ether oxygens (including phenoxy) is 3. The summed E-state index contributed by atoms with van der Waals surface area (Å²) < 4.78 is 16.9. The van der Waals surface area contributed by atoms with Gasteiger partial charge in [-0.05, 0) is 96.3 Å². The van der Waals surface area contributed by atoms with Crippen LogP contribution in [0.15, 0.2) is 36.5 Å². The lowest BCUT2D eigenvalue weighted by atomic mass is 10.1. The third-order valence-corrected chi connectivity index (χ3v) is 13.3. The fraction of sp³-hybridized carbons (Fsp3) is 0.855. The van der Waals surface area contributed by atoms with Crippen LogP contribution in [0.25, 0.3) is 0 Å². The molecule has 1 unspecified atom stereocenters. The van der Waals surface area contributed by atoms with E-state index in [1.807, 2.05) is 0 Å². The van der Waals surface area contributed by atoms with Gasteiger partial charge in [-0.25, -0.2) is 0 Å². The molecule has 1 atom stereocenters. The Balaban J connectivity index is 4.35. The first kappa shape index (κ1) is 65.6. The third kappa shape index (κ3) is 54.6. The van der Waals surface area contributed by atoms with Crippen molar-refractivity contribution in [3.8, 4) is 0 Å². The van der Waals surface area contributed by atoms with Crippen molar-refractivity contribution in [2.24, 2.45) is 0 Å². The molecule has 0 aliphatic heterocycles. The highest BCUT2D eigenvalue weighted by atomic mass is 16.6. The van der Waals surface area contributed by atoms with Crippen LogP contribution in [0.4, 0.5) is 0 Å². The van der Waals surface area contributed by atoms with E-state index in [0.717, 1.165) is 64.2 Å². The van der Waals surface area contributed by atoms with Crippen LogP contribution in [0.5, 0.6) is 0 Å². The average molecular weight is 956 g/mol. The number of unbranched alkanes of at least 4 members (excludes halogenated alkanes) is 38. The van der Waals surface area contributed by atoms with Crippen molar-refractivity contribution in [3.05, 3.63) is 36.5 Å². The summed E-state index contributed by atoms with van der Waals surface area (Å²) in [4.78, 5) is 38.2. The van der Waals surface area contributed by atoms with Crippen LogP contribution in [0.2, 0.25) is 0 Å². The van der Waals surface area contributed by atoms with Crippen molar-refractivity contribution in [2.75, 3.05) is 13.2 Å². The lowest BCUT2D eigenvalue weighted by molar-refractivity contribution is -0.167. The largest absolute Gasteiger partial charge is 0.462 e. The molecule has 0 saturated heterocycles. The standard InChI is InChI=1S/C62H114O6/c1-4-7-10-13-16-19-22-25-28-30-31-33-34-37-40-43-46-49-52-55-61(64)67-58-59(57-66-60(63)54-51-48-45-42-39-36-27-24-21-18-15-12-9-6-3)68-62(65)56-53-50-47-44-41-38-35-32-29-26-23-20-17-14-11-8-5-2/h24-29,59H,4-23,30-58H2,1-3H3/b27-24-,28-25-,29-26-. The van der Waals surface area contributed by atoms with Gasteiger partial charge in [0.15, 0.2) is 6.10 Å². The highest BCUT2D eigenvalue weighted by Gasteiger charge is 2.19. The molecule has 0 aromatic carbocycles. The van der Waals surface area contributed by atoms with Gasteiger partial charge in [0.25, 0.3) is 0 Å². The summed E-state index contributed by atoms with van der Waals surface area (Å²) in [6.45, 7) is 6.65. The number of esters is 3. The third-order valence-electron chi connectivity index (χ3n) is 13.3. The molecule has 68 heavy (non-hydrogen) atoms. The average Bonchev–Trinajstić information content (AvgIpc) is 3.34. The maximum Gasteiger partial charge on any atom is 0.306 e. The van der Waals surface area contributed by atoms with Crippen LogP contribution in [0, 0.1) is 0 Å². The second-order valence-electron chi connectivity index (χ2n) is 20.2. The molecule has 0 radical (unpaired) electrons. The Bertz CT molecular complexity index is 1140. The Kier molecular flexibility index (Phi) is 55.2. The van der Waals surface area contributed by atoms with E-state index in [1.54, 1.807) is 0 Å². The smallest absolute Gasteiger partial charge is 0.306 e. The lowest BCUT2D eigenvalue weighted by Crippen LogP contribution is -2.30. The molecule has 0 aliphatic carbocycles. The molecule has 0 aliphatic rings. The van der Waals surface area contributed by atoms with Crippen molar-refractivity contribution in [2.45, 2.75) is 329 Å². The van der Waals surface area contributed by atoms with Crippen LogP contribution in [-0.4, -0.2) is 37.2 Å². The summed E-state index contributed by atoms with van der Waals surface area (Å²) in [6.07, 6.45) is 68.5. The topological polar surface area (TPSA) is 78.9 Å². The van der Waals surface area contributed by atoms with Crippen molar-refractivity contribution in [1.82, 2.24) is 0 Å². The predicted molar refractivity (Wildman–Crippen MR) is 293 cm³/mol. The Morgan fingerprint density at radius 3 is 0.735 bits per heavy atom. The van der Waals surface area contributed by atoms with Gasteiger partial charge in [-0.1, -0.05) is 243 Å². The maximum absolute atomic E-state index is 12.9. The molecule has 0 bridgehead atoms. The highest BCUT2D eigenvalue weighted by molar-refractivity contribution is 5.71. The monoisotopic (exact) mass is 955 g/mol. The summed E-state index contributed by atoms with van der Waals surface area (Å²) in [6, 6.07) is 0. The molecule has 398 valence electrons. The molecule has 6 heteroatoms. The Labute approximate surface area is 423 Å². The van der Waals surface area contributed by atoms with Crippen molar-refractivity contribution < 1.29 is 28.6 Å². The van der Waals surface area contributed by atoms with Crippen LogP contribution >= 0.6 is 0 Å². The van der Waals surface area contributed by atoms with E-state index in [9.17, 15) is 14.4 Å². The fourth-order valence-electron chi connectivity index (χ4n) is 8.78. The maximum atomic E-state index is 12.9. The lowest BCUT2D eigenvalue weighted by Gasteiger charge is -2.18. The van der Waals surface area contributed by atoms with Gasteiger partial charge in [0.05, 0.1) is 0 Å². The molecule has 0 heterocycles. The van der Waals surface area contributed by atoms with Crippen LogP contribution in [-0.2, 0) is 28.6 Å². The first-order valence-electron chi connectivity index (χ1n) is 30.0. The van der Waals surface area contributed by atoms with Gasteiger partial charge in [0.1, 0.15) is 13.2 Å². The molecular weight excluding hydrogens is 841 g/mol. The summed E-state index contributed by atoms with van der Waals surface area (Å²) in [5.74, 6) is -0.873. The van der Waals surface area contributed by atoms with Crippen LogP contribution in [0.1, 0.15) is 323 Å². The first-order chi connectivity index (χ1) is 33.5. The van der Waals surface area contributed by atoms with Gasteiger partial charge in [0, 0.05) is 19.3 Å². The molecule has 0 fully saturated rings. The zero-order valence-corrected chi connectivity index (χ0v) is 45.6. The summed E-state index contributed by atoms with van der Waals surface area (Å²) in [5, 5.41) is 0. The summed E-state index contributed by atoms with van der Waals surface area (Å²) in [5.41, 5.74) is 0. The summed E-state index contributed by atoms with van der Waals surface area (Å²) in [7, 11) is 0. The molecule has 6 nitrogen and oxygen atoms in total. The van der Waals surface area contributed by atoms with Crippen LogP contribution in [0.3, 0.4) is 0 Å². The van der Waals surface area contributed by atoms with Gasteiger partial charge in [-0.3, -0.25) is 14.4 Å². The van der Waals surface area contributed by atoms with E-state index >= 15 is 0 Å². The van der Waals surface area contributed by atoms with Gasteiger partial charge in [-0.2, -0.15) is 0 Å². The van der Waals surface area contributed by atoms with Gasteiger partial charge in [0.2, 0.25) is 0 Å². The van der Waals surface area contributed by atoms with E-state index < -0.39 is 6.10 Å². The summed E-state index contributed by atoms with van der Waals surface area (Å²) >= 11 is 0. The highest BCUT2D eigenvalue weighted by Crippen LogP contribution is 2.16. The normalized spacial score (nSPS) is 12.2. The minimum Gasteiger partial charge on any atom is -0.462 e. The molecule has 0 rings (SSSR count). The number of allylic oxidation sites excluding steroid dienone is 6. The minimum atomic E-state index is -0.777. The molecule has 0 aromatic heterocycles. The van der Waals surface area contributed by atoms with Crippen molar-refractivity contribution in [3.63, 3.8) is 0 Å². The first-order valence-corrected chi connectivity index (χ1v) is 30.0. The van der Waals surface area contributed by atoms with Crippen LogP contribution < -0.4 is 0 Å². The molecule has 0 aromatic rings. The number of carbonyl (C=O) groups is 3. The van der Waals surface area contributed by atoms with E-state index in [0.29, 0.717) is 19.3 Å². The molecule has 0 N–H and O–H groups in total. The fourth-order valence-corrected chi connectivity index (χ4v) is 8.78. The second kappa shape index (κ2) is 57.2. The van der Waals surface area contributed by atoms with Crippen molar-refractivity contribution >= 4 is 17.9 Å². The molecule has 0 saturated carbocycles. The van der Waals surface area contributed by atoms with Gasteiger partial charge >= 0.3 is 17.9 Å². The van der Waals surface area contributed by atoms with Gasteiger partial charge in [-0.15, -0.1) is 0 Å². The zero-order chi connectivity index (χ0) is 49.3. The number of hydrogen-bond acceptors (Lipinski definition) is 6. The molecular formula is C62H114O6. The Morgan fingerprint density at radius 1 is 0.279 bits per heavy atom. The Hall–Kier alpha value is -2.37. The minimum absolute atomic E-state index is 0.0751. The van der Waals surface area contributed by atoms with E-state index in [4.69, 9.17) is 14.2 Å². The van der Waals surface area contributed by atoms with Gasteiger partial charge < -0.3 is 14.2 Å². The number of carbonyl (C=O) groups excluding carboxylic acids is 3. The number of hydrogen-bond donors (Lipinski definition) is 0. The Morgan fingerprint density at radius 2 is 0.485 bits per heavy atom.